The van der Waals surface area contributed by atoms with Gasteiger partial charge in [0.25, 0.3) is 0 Å². The first-order chi connectivity index (χ1) is 6.77. The Hall–Kier alpha value is -1.02. The number of hydrogen-bond donors (Lipinski definition) is 1. The average molecular weight is 194 g/mol. The van der Waals surface area contributed by atoms with Crippen LogP contribution in [-0.4, -0.2) is 5.11 Å². The van der Waals surface area contributed by atoms with Gasteiger partial charge in [-0.2, -0.15) is 0 Å². The van der Waals surface area contributed by atoms with E-state index in [1.165, 1.54) is 0 Å². The van der Waals surface area contributed by atoms with Crippen molar-refractivity contribution < 1.29 is 9.52 Å². The van der Waals surface area contributed by atoms with Crippen molar-refractivity contribution in [3.8, 4) is 0 Å². The fraction of sp³-hybridized carbons (Fsp3) is 0.500. The molecule has 1 heterocycles. The number of rotatable bonds is 6. The van der Waals surface area contributed by atoms with Crippen LogP contribution in [0.4, 0.5) is 0 Å². The SMILES string of the molecule is C=CCCCC(O)c1ccc(CC)o1. The van der Waals surface area contributed by atoms with Crippen molar-refractivity contribution >= 4 is 0 Å². The van der Waals surface area contributed by atoms with E-state index in [9.17, 15) is 5.11 Å². The van der Waals surface area contributed by atoms with Gasteiger partial charge in [0.15, 0.2) is 0 Å². The van der Waals surface area contributed by atoms with E-state index in [1.54, 1.807) is 0 Å². The van der Waals surface area contributed by atoms with Gasteiger partial charge >= 0.3 is 0 Å². The highest BCUT2D eigenvalue weighted by Gasteiger charge is 2.10. The molecule has 0 aliphatic rings. The number of allylic oxidation sites excluding steroid dienone is 1. The zero-order valence-electron chi connectivity index (χ0n) is 8.70. The Kier molecular flexibility index (Phi) is 4.47. The summed E-state index contributed by atoms with van der Waals surface area (Å²) in [6.07, 6.45) is 4.91. The first kappa shape index (κ1) is 11.1. The molecular formula is C12H18O2. The molecule has 1 rings (SSSR count). The Morgan fingerprint density at radius 2 is 2.36 bits per heavy atom. The first-order valence-electron chi connectivity index (χ1n) is 5.15. The van der Waals surface area contributed by atoms with Crippen LogP contribution in [0, 0.1) is 0 Å². The van der Waals surface area contributed by atoms with E-state index in [0.29, 0.717) is 5.76 Å². The zero-order chi connectivity index (χ0) is 10.4. The highest BCUT2D eigenvalue weighted by atomic mass is 16.4. The minimum atomic E-state index is -0.463. The van der Waals surface area contributed by atoms with Crippen molar-refractivity contribution in [2.45, 2.75) is 38.7 Å². The minimum absolute atomic E-state index is 0.463. The molecule has 2 nitrogen and oxygen atoms in total. The molecule has 0 saturated carbocycles. The standard InChI is InChI=1S/C12H18O2/c1-3-5-6-7-11(13)12-9-8-10(4-2)14-12/h3,8-9,11,13H,1,4-7H2,2H3. The largest absolute Gasteiger partial charge is 0.463 e. The van der Waals surface area contributed by atoms with Crippen LogP contribution >= 0.6 is 0 Å². The average Bonchev–Trinajstić information content (AvgIpc) is 2.66. The van der Waals surface area contributed by atoms with Gasteiger partial charge in [-0.05, 0) is 31.4 Å². The monoisotopic (exact) mass is 194 g/mol. The van der Waals surface area contributed by atoms with Crippen LogP contribution in [0.15, 0.2) is 29.2 Å². The highest BCUT2D eigenvalue weighted by Crippen LogP contribution is 2.21. The predicted molar refractivity (Wildman–Crippen MR) is 57.1 cm³/mol. The maximum atomic E-state index is 9.73. The van der Waals surface area contributed by atoms with Gasteiger partial charge in [-0.1, -0.05) is 13.0 Å². The third-order valence-corrected chi connectivity index (χ3v) is 2.25. The van der Waals surface area contributed by atoms with Crippen molar-refractivity contribution in [1.82, 2.24) is 0 Å². The molecule has 0 aliphatic carbocycles. The summed E-state index contributed by atoms with van der Waals surface area (Å²) in [6, 6.07) is 3.78. The fourth-order valence-corrected chi connectivity index (χ4v) is 1.36. The van der Waals surface area contributed by atoms with E-state index in [0.717, 1.165) is 31.4 Å². The van der Waals surface area contributed by atoms with Crippen LogP contribution in [0.3, 0.4) is 0 Å². The molecule has 14 heavy (non-hydrogen) atoms. The molecule has 0 aromatic carbocycles. The summed E-state index contributed by atoms with van der Waals surface area (Å²) in [5, 5.41) is 9.73. The molecule has 1 atom stereocenters. The lowest BCUT2D eigenvalue weighted by Crippen LogP contribution is -1.94. The molecule has 2 heteroatoms. The first-order valence-corrected chi connectivity index (χ1v) is 5.15. The summed E-state index contributed by atoms with van der Waals surface area (Å²) >= 11 is 0. The van der Waals surface area contributed by atoms with E-state index in [-0.39, 0.29) is 0 Å². The van der Waals surface area contributed by atoms with Gasteiger partial charge in [-0.15, -0.1) is 6.58 Å². The molecule has 0 fully saturated rings. The van der Waals surface area contributed by atoms with Crippen LogP contribution in [-0.2, 0) is 6.42 Å². The van der Waals surface area contributed by atoms with Crippen molar-refractivity contribution in [2.24, 2.45) is 0 Å². The van der Waals surface area contributed by atoms with E-state index < -0.39 is 6.10 Å². The van der Waals surface area contributed by atoms with Crippen molar-refractivity contribution in [3.05, 3.63) is 36.3 Å². The van der Waals surface area contributed by atoms with Crippen molar-refractivity contribution in [2.75, 3.05) is 0 Å². The highest BCUT2D eigenvalue weighted by molar-refractivity contribution is 5.09. The molecule has 0 aliphatic heterocycles. The predicted octanol–water partition coefficient (Wildman–Crippen LogP) is 3.23. The van der Waals surface area contributed by atoms with Gasteiger partial charge in [0, 0.05) is 6.42 Å². The van der Waals surface area contributed by atoms with Crippen LogP contribution in [0.2, 0.25) is 0 Å². The third-order valence-electron chi connectivity index (χ3n) is 2.25. The molecule has 0 bridgehead atoms. The molecule has 1 aromatic rings. The quantitative estimate of drug-likeness (QED) is 0.557. The molecular weight excluding hydrogens is 176 g/mol. The molecule has 1 N–H and O–H groups in total. The second-order valence-electron chi connectivity index (χ2n) is 3.39. The molecule has 78 valence electrons. The molecule has 1 unspecified atom stereocenters. The maximum absolute atomic E-state index is 9.73. The Morgan fingerprint density at radius 3 is 2.93 bits per heavy atom. The summed E-state index contributed by atoms with van der Waals surface area (Å²) in [5.41, 5.74) is 0. The third kappa shape index (κ3) is 3.04. The number of aliphatic hydroxyl groups is 1. The molecule has 1 aromatic heterocycles. The Balaban J connectivity index is 2.43. The smallest absolute Gasteiger partial charge is 0.132 e. The summed E-state index contributed by atoms with van der Waals surface area (Å²) in [7, 11) is 0. The lowest BCUT2D eigenvalue weighted by Gasteiger charge is -2.05. The van der Waals surface area contributed by atoms with Gasteiger partial charge < -0.3 is 9.52 Å². The number of unbranched alkanes of at least 4 members (excludes halogenated alkanes) is 1. The zero-order valence-corrected chi connectivity index (χ0v) is 8.70. The summed E-state index contributed by atoms with van der Waals surface area (Å²) in [6.45, 7) is 5.68. The molecule has 0 amide bonds. The maximum Gasteiger partial charge on any atom is 0.132 e. The summed E-state index contributed by atoms with van der Waals surface area (Å²) in [4.78, 5) is 0. The number of furan rings is 1. The van der Waals surface area contributed by atoms with Crippen LogP contribution in [0.25, 0.3) is 0 Å². The van der Waals surface area contributed by atoms with Gasteiger partial charge in [0.1, 0.15) is 17.6 Å². The Morgan fingerprint density at radius 1 is 1.57 bits per heavy atom. The van der Waals surface area contributed by atoms with Gasteiger partial charge in [-0.3, -0.25) is 0 Å². The summed E-state index contributed by atoms with van der Waals surface area (Å²) in [5.74, 6) is 1.62. The number of aliphatic hydroxyl groups excluding tert-OH is 1. The Labute approximate surface area is 85.2 Å². The van der Waals surface area contributed by atoms with Crippen molar-refractivity contribution in [1.29, 1.82) is 0 Å². The van der Waals surface area contributed by atoms with E-state index in [2.05, 4.69) is 6.58 Å². The molecule has 0 saturated heterocycles. The number of hydrogen-bond acceptors (Lipinski definition) is 2. The molecule has 0 radical (unpaired) electrons. The lowest BCUT2D eigenvalue weighted by atomic mass is 10.1. The van der Waals surface area contributed by atoms with E-state index in [1.807, 2.05) is 25.1 Å². The van der Waals surface area contributed by atoms with Crippen LogP contribution in [0.5, 0.6) is 0 Å². The van der Waals surface area contributed by atoms with Crippen molar-refractivity contribution in [3.63, 3.8) is 0 Å². The fourth-order valence-electron chi connectivity index (χ4n) is 1.36. The number of aryl methyl sites for hydroxylation is 1. The van der Waals surface area contributed by atoms with Gasteiger partial charge in [0.2, 0.25) is 0 Å². The normalized spacial score (nSPS) is 12.7. The topological polar surface area (TPSA) is 33.4 Å². The second-order valence-corrected chi connectivity index (χ2v) is 3.39. The summed E-state index contributed by atoms with van der Waals surface area (Å²) < 4.78 is 5.45. The van der Waals surface area contributed by atoms with Crippen LogP contribution < -0.4 is 0 Å². The van der Waals surface area contributed by atoms with E-state index in [4.69, 9.17) is 4.42 Å². The molecule has 0 spiro atoms. The van der Waals surface area contributed by atoms with Gasteiger partial charge in [0.05, 0.1) is 0 Å². The van der Waals surface area contributed by atoms with E-state index >= 15 is 0 Å². The second kappa shape index (κ2) is 5.66. The lowest BCUT2D eigenvalue weighted by molar-refractivity contribution is 0.136. The van der Waals surface area contributed by atoms with Crippen LogP contribution in [0.1, 0.15) is 43.8 Å². The minimum Gasteiger partial charge on any atom is -0.463 e. The Bertz CT molecular complexity index is 276. The van der Waals surface area contributed by atoms with Gasteiger partial charge in [-0.25, -0.2) is 0 Å².